The summed E-state index contributed by atoms with van der Waals surface area (Å²) < 4.78 is 0. The highest BCUT2D eigenvalue weighted by Crippen LogP contribution is 2.19. The molecule has 0 unspecified atom stereocenters. The van der Waals surface area contributed by atoms with Gasteiger partial charge in [-0.2, -0.15) is 0 Å². The number of aryl methyl sites for hydroxylation is 1. The van der Waals surface area contributed by atoms with E-state index in [9.17, 15) is 4.79 Å². The molecule has 0 saturated carbocycles. The second kappa shape index (κ2) is 8.49. The zero-order valence-corrected chi connectivity index (χ0v) is 16.2. The Morgan fingerprint density at radius 3 is 2.54 bits per heavy atom. The number of hydrogen-bond acceptors (Lipinski definition) is 4. The zero-order chi connectivity index (χ0) is 18.5. The van der Waals surface area contributed by atoms with E-state index < -0.39 is 0 Å². The standard InChI is InChI=1S/C21H30N4O/c1-4-7-20-22-19-12-13-24(15-18(19)21(26)23-20)14-16-8-10-17(11-9-16)25(5-2)6-3/h8-11H,4-7,12-15H2,1-3H3,(H,22,23,26). The fourth-order valence-electron chi connectivity index (χ4n) is 3.68. The molecule has 2 heterocycles. The van der Waals surface area contributed by atoms with Crippen molar-refractivity contribution < 1.29 is 0 Å². The van der Waals surface area contributed by atoms with Crippen molar-refractivity contribution in [1.29, 1.82) is 0 Å². The third kappa shape index (κ3) is 4.15. The van der Waals surface area contributed by atoms with Gasteiger partial charge in [-0.1, -0.05) is 19.1 Å². The van der Waals surface area contributed by atoms with Crippen LogP contribution in [0.4, 0.5) is 5.69 Å². The Hall–Kier alpha value is -2.14. The Labute approximate surface area is 156 Å². The van der Waals surface area contributed by atoms with Crippen LogP contribution in [0.2, 0.25) is 0 Å². The molecule has 0 radical (unpaired) electrons. The molecule has 0 fully saturated rings. The number of aromatic amines is 1. The molecular weight excluding hydrogens is 324 g/mol. The SMILES string of the molecule is CCCc1nc2c(c(=O)[nH]1)CN(Cc1ccc(N(CC)CC)cc1)CC2. The first-order valence-electron chi connectivity index (χ1n) is 9.81. The summed E-state index contributed by atoms with van der Waals surface area (Å²) in [5.41, 5.74) is 4.43. The van der Waals surface area contributed by atoms with Gasteiger partial charge in [-0.05, 0) is 38.0 Å². The van der Waals surface area contributed by atoms with Gasteiger partial charge >= 0.3 is 0 Å². The molecule has 0 atom stereocenters. The summed E-state index contributed by atoms with van der Waals surface area (Å²) in [5.74, 6) is 0.830. The summed E-state index contributed by atoms with van der Waals surface area (Å²) in [6, 6.07) is 8.81. The number of H-pyrrole nitrogens is 1. The van der Waals surface area contributed by atoms with E-state index in [2.05, 4.69) is 64.8 Å². The molecular formula is C21H30N4O. The van der Waals surface area contributed by atoms with Crippen LogP contribution < -0.4 is 10.5 Å². The van der Waals surface area contributed by atoms with E-state index in [-0.39, 0.29) is 5.56 Å². The van der Waals surface area contributed by atoms with Crippen molar-refractivity contribution in [1.82, 2.24) is 14.9 Å². The molecule has 1 aromatic carbocycles. The number of nitrogens with zero attached hydrogens (tertiary/aromatic N) is 3. The Morgan fingerprint density at radius 1 is 1.15 bits per heavy atom. The lowest BCUT2D eigenvalue weighted by Gasteiger charge is -2.28. The quantitative estimate of drug-likeness (QED) is 0.830. The molecule has 0 amide bonds. The van der Waals surface area contributed by atoms with Crippen LogP contribution in [0.25, 0.3) is 0 Å². The number of benzene rings is 1. The van der Waals surface area contributed by atoms with Crippen LogP contribution in [0.15, 0.2) is 29.1 Å². The van der Waals surface area contributed by atoms with Crippen LogP contribution >= 0.6 is 0 Å². The minimum absolute atomic E-state index is 0.0417. The topological polar surface area (TPSA) is 52.2 Å². The molecule has 5 heteroatoms. The van der Waals surface area contributed by atoms with Crippen molar-refractivity contribution in [2.45, 2.75) is 53.1 Å². The third-order valence-corrected chi connectivity index (χ3v) is 5.15. The monoisotopic (exact) mass is 354 g/mol. The van der Waals surface area contributed by atoms with E-state index in [0.29, 0.717) is 6.54 Å². The number of nitrogens with one attached hydrogen (secondary N) is 1. The van der Waals surface area contributed by atoms with Crippen molar-refractivity contribution in [3.8, 4) is 0 Å². The fraction of sp³-hybridized carbons (Fsp3) is 0.524. The molecule has 1 aromatic heterocycles. The third-order valence-electron chi connectivity index (χ3n) is 5.15. The molecule has 0 saturated heterocycles. The number of aromatic nitrogens is 2. The van der Waals surface area contributed by atoms with E-state index >= 15 is 0 Å². The lowest BCUT2D eigenvalue weighted by atomic mass is 10.1. The summed E-state index contributed by atoms with van der Waals surface area (Å²) in [5, 5.41) is 0. The highest BCUT2D eigenvalue weighted by atomic mass is 16.1. The van der Waals surface area contributed by atoms with E-state index in [4.69, 9.17) is 0 Å². The maximum atomic E-state index is 12.4. The molecule has 0 bridgehead atoms. The van der Waals surface area contributed by atoms with Crippen LogP contribution in [0.5, 0.6) is 0 Å². The van der Waals surface area contributed by atoms with Crippen molar-refractivity contribution in [3.05, 3.63) is 57.3 Å². The van der Waals surface area contributed by atoms with Gasteiger partial charge in [-0.3, -0.25) is 9.69 Å². The normalized spacial score (nSPS) is 14.3. The highest BCUT2D eigenvalue weighted by molar-refractivity contribution is 5.47. The van der Waals surface area contributed by atoms with Crippen LogP contribution in [0.1, 0.15) is 49.8 Å². The summed E-state index contributed by atoms with van der Waals surface area (Å²) in [4.78, 5) is 24.7. The average Bonchev–Trinajstić information content (AvgIpc) is 2.65. The number of anilines is 1. The first kappa shape index (κ1) is 18.6. The molecule has 3 rings (SSSR count). The van der Waals surface area contributed by atoms with Crippen LogP contribution in [0.3, 0.4) is 0 Å². The molecule has 26 heavy (non-hydrogen) atoms. The average molecular weight is 354 g/mol. The molecule has 0 aliphatic carbocycles. The van der Waals surface area contributed by atoms with E-state index in [1.165, 1.54) is 11.3 Å². The molecule has 0 spiro atoms. The smallest absolute Gasteiger partial charge is 0.255 e. The highest BCUT2D eigenvalue weighted by Gasteiger charge is 2.21. The van der Waals surface area contributed by atoms with Gasteiger partial charge in [0.1, 0.15) is 5.82 Å². The molecule has 1 aliphatic heterocycles. The largest absolute Gasteiger partial charge is 0.372 e. The van der Waals surface area contributed by atoms with Crippen molar-refractivity contribution in [2.24, 2.45) is 0 Å². The van der Waals surface area contributed by atoms with Gasteiger partial charge in [0.25, 0.3) is 5.56 Å². The summed E-state index contributed by atoms with van der Waals surface area (Å²) in [6.45, 7) is 11.0. The van der Waals surface area contributed by atoms with Gasteiger partial charge < -0.3 is 9.88 Å². The van der Waals surface area contributed by atoms with Crippen molar-refractivity contribution in [2.75, 3.05) is 24.5 Å². The first-order valence-corrected chi connectivity index (χ1v) is 9.81. The lowest BCUT2D eigenvalue weighted by molar-refractivity contribution is 0.241. The number of fused-ring (bicyclic) bond motifs is 1. The summed E-state index contributed by atoms with van der Waals surface area (Å²) in [6.07, 6.45) is 2.69. The van der Waals surface area contributed by atoms with Gasteiger partial charge in [-0.15, -0.1) is 0 Å². The lowest BCUT2D eigenvalue weighted by Crippen LogP contribution is -2.35. The first-order chi connectivity index (χ1) is 12.6. The summed E-state index contributed by atoms with van der Waals surface area (Å²) >= 11 is 0. The second-order valence-corrected chi connectivity index (χ2v) is 6.99. The Balaban J connectivity index is 1.69. The minimum Gasteiger partial charge on any atom is -0.372 e. The predicted molar refractivity (Wildman–Crippen MR) is 107 cm³/mol. The maximum absolute atomic E-state index is 12.4. The van der Waals surface area contributed by atoms with Gasteiger partial charge in [0, 0.05) is 51.3 Å². The second-order valence-electron chi connectivity index (χ2n) is 6.99. The van der Waals surface area contributed by atoms with Gasteiger partial charge in [-0.25, -0.2) is 4.98 Å². The molecule has 140 valence electrons. The van der Waals surface area contributed by atoms with Crippen LogP contribution in [-0.2, 0) is 25.9 Å². The Bertz CT molecular complexity index is 778. The zero-order valence-electron chi connectivity index (χ0n) is 16.2. The Morgan fingerprint density at radius 2 is 1.88 bits per heavy atom. The van der Waals surface area contributed by atoms with Gasteiger partial charge in [0.2, 0.25) is 0 Å². The minimum atomic E-state index is 0.0417. The molecule has 1 N–H and O–H groups in total. The number of rotatable bonds is 7. The summed E-state index contributed by atoms with van der Waals surface area (Å²) in [7, 11) is 0. The van der Waals surface area contributed by atoms with E-state index in [1.54, 1.807) is 0 Å². The fourth-order valence-corrected chi connectivity index (χ4v) is 3.68. The van der Waals surface area contributed by atoms with Gasteiger partial charge in [0.05, 0.1) is 11.3 Å². The molecule has 1 aliphatic rings. The van der Waals surface area contributed by atoms with Crippen molar-refractivity contribution in [3.63, 3.8) is 0 Å². The van der Waals surface area contributed by atoms with E-state index in [1.807, 2.05) is 0 Å². The molecule has 2 aromatic rings. The van der Waals surface area contributed by atoms with Gasteiger partial charge in [0.15, 0.2) is 0 Å². The van der Waals surface area contributed by atoms with Crippen LogP contribution in [-0.4, -0.2) is 34.5 Å². The predicted octanol–water partition coefficient (Wildman–Crippen LogP) is 3.13. The number of hydrogen-bond donors (Lipinski definition) is 1. The maximum Gasteiger partial charge on any atom is 0.255 e. The van der Waals surface area contributed by atoms with Crippen LogP contribution in [0, 0.1) is 0 Å². The van der Waals surface area contributed by atoms with E-state index in [0.717, 1.165) is 62.5 Å². The van der Waals surface area contributed by atoms with Crippen molar-refractivity contribution >= 4 is 5.69 Å². The Kier molecular flexibility index (Phi) is 6.09. The molecule has 5 nitrogen and oxygen atoms in total.